The first-order valence-electron chi connectivity index (χ1n) is 37.5. The fraction of sp³-hybridized carbons (Fsp3) is 0.356. The molecule has 0 saturated heterocycles. The molecule has 14 rings (SSSR count). The Hall–Kier alpha value is -11.0. The number of carboxylic acid groups (broad SMARTS) is 1. The predicted molar refractivity (Wildman–Crippen MR) is 435 cm³/mol. The number of hydrogen-bond donors (Lipinski definition) is 8. The van der Waals surface area contributed by atoms with Gasteiger partial charge >= 0.3 is 5.97 Å². The highest BCUT2D eigenvalue weighted by Crippen LogP contribution is 2.30. The van der Waals surface area contributed by atoms with Gasteiger partial charge in [-0.2, -0.15) is 0 Å². The smallest absolute Gasteiger partial charge is 0.339 e. The monoisotopic (exact) mass is 1530 g/mol. The number of Topliss-reactive ketones (excluding diaryl/α,β-unsaturated/α-hetero) is 6. The molecule has 0 unspecified atom stereocenters. The molecule has 588 valence electrons. The minimum Gasteiger partial charge on any atom is -0.478 e. The van der Waals surface area contributed by atoms with Crippen molar-refractivity contribution in [2.75, 3.05) is 71.0 Å². The zero-order valence-electron chi connectivity index (χ0n) is 65.1. The van der Waals surface area contributed by atoms with E-state index in [1.165, 1.54) is 39.6 Å². The van der Waals surface area contributed by atoms with Gasteiger partial charge in [0.05, 0.1) is 45.4 Å². The summed E-state index contributed by atoms with van der Waals surface area (Å²) < 4.78 is 10.4. The van der Waals surface area contributed by atoms with Gasteiger partial charge in [0.15, 0.2) is 23.1 Å². The molecule has 111 heavy (non-hydrogen) atoms. The van der Waals surface area contributed by atoms with E-state index < -0.39 is 5.97 Å². The van der Waals surface area contributed by atoms with Crippen molar-refractivity contribution in [1.29, 1.82) is 0 Å². The lowest BCUT2D eigenvalue weighted by Gasteiger charge is -2.12. The van der Waals surface area contributed by atoms with Gasteiger partial charge in [0.1, 0.15) is 41.2 Å². The lowest BCUT2D eigenvalue weighted by atomic mass is 9.93. The highest BCUT2D eigenvalue weighted by Gasteiger charge is 2.31. The van der Waals surface area contributed by atoms with Gasteiger partial charge in [0.2, 0.25) is 0 Å². The Kier molecular flexibility index (Phi) is 34.2. The molecule has 24 heteroatoms. The standard InChI is InChI=1S/C18H21N3O2.C18H20N2O3.C18H20N2O2.C9H14N2.C9H13N.C9H8O4.C6H8O2.ClH/c1-21(2)11-12-6-8-13(9-7-12)20-18(23)14-10-19-15-4-3-5-16(22)17(14)15;1-20(2)10-12-6-8-13(9-7-12)19-18(22)14-11-23-16-5-3-4-15(21)17(14)16;1-2-4-12-7-9-13(10-8-12)20-18(22)14-11-19-15-5-3-6-16(21)17(14)15;1-11(2)7-8-3-5-9(10)6-4-8;1-8-3-5-9(6-4-8)7-10-2;10-6-2-1-3-7-8(6)5(4-13-7)9(11)12;7-5-2-1-3-6(8)4-5;/h6-10,19H,3-5,11H2,1-2H3,(H,20,23);6-9,11H,3-5,10H2,1-2H3,(H,19,22);7-11,19H,2-6H2,1H3,(H,20,22);3-6H,7,10H2,1-2H3;3-6,10H,7H2,1-2H3;4H,1-3H2,(H,11,12);1-4H2;1H. The molecule has 4 aromatic heterocycles. The maximum atomic E-state index is 12.5. The molecule has 0 bridgehead atoms. The summed E-state index contributed by atoms with van der Waals surface area (Å²) in [6, 6.07) is 39.8. The van der Waals surface area contributed by atoms with Crippen molar-refractivity contribution in [1.82, 2.24) is 30.0 Å². The van der Waals surface area contributed by atoms with Gasteiger partial charge in [-0.25, -0.2) is 4.79 Å². The highest BCUT2D eigenvalue weighted by atomic mass is 35.5. The van der Waals surface area contributed by atoms with Crippen molar-refractivity contribution in [2.45, 2.75) is 156 Å². The first-order chi connectivity index (χ1) is 52.8. The zero-order valence-corrected chi connectivity index (χ0v) is 65.9. The molecule has 0 radical (unpaired) electrons. The number of furan rings is 2. The third kappa shape index (κ3) is 26.7. The Labute approximate surface area is 655 Å². The number of nitrogens with zero attached hydrogens (tertiary/aromatic N) is 3. The van der Waals surface area contributed by atoms with Crippen LogP contribution in [-0.4, -0.2) is 137 Å². The number of hydrogen-bond acceptors (Lipinski definition) is 17. The van der Waals surface area contributed by atoms with E-state index in [0.29, 0.717) is 102 Å². The number of nitrogen functional groups attached to an aromatic ring is 1. The molecule has 9 N–H and O–H groups in total. The number of aryl methyl sites for hydroxylation is 6. The van der Waals surface area contributed by atoms with E-state index in [9.17, 15) is 47.9 Å². The molecular formula is C87H105ClN10O13. The number of aromatic nitrogens is 2. The second-order valence-electron chi connectivity index (χ2n) is 28.7. The van der Waals surface area contributed by atoms with Gasteiger partial charge in [-0.3, -0.25) is 43.2 Å². The number of halogens is 1. The van der Waals surface area contributed by atoms with Crippen molar-refractivity contribution in [3.8, 4) is 0 Å². The first-order valence-corrected chi connectivity index (χ1v) is 37.5. The van der Waals surface area contributed by atoms with Gasteiger partial charge in [-0.15, -0.1) is 12.4 Å². The topological polar surface area (TPSA) is 333 Å². The molecule has 3 amide bonds. The van der Waals surface area contributed by atoms with E-state index in [1.807, 2.05) is 120 Å². The number of benzene rings is 5. The van der Waals surface area contributed by atoms with Crippen LogP contribution in [0.25, 0.3) is 0 Å². The number of H-pyrrole nitrogens is 2. The molecule has 9 aromatic rings. The summed E-state index contributed by atoms with van der Waals surface area (Å²) in [6.07, 6.45) is 18.4. The number of aromatic carboxylic acids is 1. The fourth-order valence-electron chi connectivity index (χ4n) is 13.1. The zero-order chi connectivity index (χ0) is 79.4. The Morgan fingerprint density at radius 1 is 0.441 bits per heavy atom. The predicted octanol–water partition coefficient (Wildman–Crippen LogP) is 15.4. The molecule has 0 atom stereocenters. The normalized spacial score (nSPS) is 13.8. The molecule has 1 fully saturated rings. The van der Waals surface area contributed by atoms with Crippen LogP contribution in [0.2, 0.25) is 0 Å². The van der Waals surface area contributed by atoms with Gasteiger partial charge in [-0.05, 0) is 184 Å². The highest BCUT2D eigenvalue weighted by molar-refractivity contribution is 6.16. The summed E-state index contributed by atoms with van der Waals surface area (Å²) >= 11 is 0. The molecule has 5 aromatic carbocycles. The number of anilines is 4. The molecular weight excluding hydrogens is 1430 g/mol. The lowest BCUT2D eigenvalue weighted by molar-refractivity contribution is -0.129. The lowest BCUT2D eigenvalue weighted by Crippen LogP contribution is -2.18. The average molecular weight is 1530 g/mol. The fourth-order valence-corrected chi connectivity index (χ4v) is 13.1. The van der Waals surface area contributed by atoms with Gasteiger partial charge in [0.25, 0.3) is 17.7 Å². The largest absolute Gasteiger partial charge is 0.478 e. The second kappa shape index (κ2) is 43.4. The van der Waals surface area contributed by atoms with Crippen LogP contribution in [0.5, 0.6) is 0 Å². The molecule has 4 heterocycles. The molecule has 5 aliphatic rings. The van der Waals surface area contributed by atoms with Gasteiger partial charge in [0, 0.05) is 124 Å². The number of carbonyl (C=O) groups is 10. The summed E-state index contributed by atoms with van der Waals surface area (Å²) in [4.78, 5) is 129. The number of amides is 3. The third-order valence-corrected chi connectivity index (χ3v) is 18.5. The molecule has 5 aliphatic carbocycles. The van der Waals surface area contributed by atoms with E-state index in [0.717, 1.165) is 119 Å². The maximum absolute atomic E-state index is 12.5. The quantitative estimate of drug-likeness (QED) is 0.0310. The summed E-state index contributed by atoms with van der Waals surface area (Å²) in [7, 11) is 14.1. The Morgan fingerprint density at radius 2 is 0.784 bits per heavy atom. The number of aromatic amines is 2. The number of nitrogens with two attached hydrogens (primary N) is 1. The first kappa shape index (κ1) is 87.3. The summed E-state index contributed by atoms with van der Waals surface area (Å²) in [5, 5.41) is 20.4. The van der Waals surface area contributed by atoms with E-state index in [4.69, 9.17) is 19.7 Å². The van der Waals surface area contributed by atoms with Crippen LogP contribution in [0.3, 0.4) is 0 Å². The van der Waals surface area contributed by atoms with E-state index in [-0.39, 0.29) is 82.4 Å². The number of fused-ring (bicyclic) bond motifs is 4. The summed E-state index contributed by atoms with van der Waals surface area (Å²) in [6.45, 7) is 7.87. The maximum Gasteiger partial charge on any atom is 0.339 e. The second-order valence-corrected chi connectivity index (χ2v) is 28.7. The van der Waals surface area contributed by atoms with Crippen molar-refractivity contribution >= 4 is 93.5 Å². The van der Waals surface area contributed by atoms with Gasteiger partial charge < -0.3 is 65.6 Å². The van der Waals surface area contributed by atoms with Crippen LogP contribution in [0, 0.1) is 6.92 Å². The number of carbonyl (C=O) groups excluding carboxylic acids is 9. The van der Waals surface area contributed by atoms with Crippen LogP contribution in [-0.2, 0) is 67.9 Å². The van der Waals surface area contributed by atoms with Gasteiger partial charge in [-0.1, -0.05) is 91.7 Å². The summed E-state index contributed by atoms with van der Waals surface area (Å²) in [5.41, 5.74) is 21.0. The van der Waals surface area contributed by atoms with Crippen LogP contribution in [0.15, 0.2) is 155 Å². The molecule has 1 saturated carbocycles. The van der Waals surface area contributed by atoms with Crippen LogP contribution in [0.1, 0.15) is 230 Å². The van der Waals surface area contributed by atoms with E-state index >= 15 is 0 Å². The number of nitrogens with one attached hydrogen (secondary N) is 6. The van der Waals surface area contributed by atoms with Crippen molar-refractivity contribution in [2.24, 2.45) is 0 Å². The van der Waals surface area contributed by atoms with Crippen molar-refractivity contribution in [3.63, 3.8) is 0 Å². The molecule has 0 spiro atoms. The minimum atomic E-state index is -1.10. The SMILES string of the molecule is CCCc1ccc(NC(=O)c2c[nH]c3c2C(=O)CCC3)cc1.CN(C)Cc1ccc(N)cc1.CN(C)Cc1ccc(NC(=O)c2c[nH]c3c2C(=O)CCC3)cc1.CN(C)Cc1ccc(NC(=O)c2coc3c2C(=O)CCC3)cc1.CNCc1ccc(C)cc1.Cl.O=C(O)c1coc2c1C(=O)CCC2.O=C1CCCC(=O)C1. The molecule has 23 nitrogen and oxygen atoms in total. The minimum absolute atomic E-state index is 0. The van der Waals surface area contributed by atoms with Crippen LogP contribution >= 0.6 is 12.4 Å². The van der Waals surface area contributed by atoms with Crippen molar-refractivity contribution in [3.05, 3.63) is 247 Å². The average Bonchev–Trinajstić information content (AvgIpc) is 1.69. The summed E-state index contributed by atoms with van der Waals surface area (Å²) in [5.74, 6) is -0.493. The number of rotatable bonds is 17. The number of carboxylic acids is 1. The number of ketones is 6. The van der Waals surface area contributed by atoms with Crippen LogP contribution < -0.4 is 27.0 Å². The third-order valence-electron chi connectivity index (χ3n) is 18.5. The van der Waals surface area contributed by atoms with E-state index in [1.54, 1.807) is 12.4 Å². The Balaban J connectivity index is 0.000000185. The Bertz CT molecular complexity index is 4480. The molecule has 0 aliphatic heterocycles. The van der Waals surface area contributed by atoms with Crippen LogP contribution in [0.4, 0.5) is 22.7 Å². The Morgan fingerprint density at radius 3 is 1.15 bits per heavy atom. The van der Waals surface area contributed by atoms with E-state index in [2.05, 4.69) is 110 Å². The van der Waals surface area contributed by atoms with Crippen molar-refractivity contribution < 1.29 is 61.9 Å².